The number of amides is 1. The van der Waals surface area contributed by atoms with Crippen molar-refractivity contribution in [2.75, 3.05) is 13.2 Å². The third-order valence-electron chi connectivity index (χ3n) is 2.87. The van der Waals surface area contributed by atoms with Crippen LogP contribution in [0.25, 0.3) is 0 Å². The minimum Gasteiger partial charge on any atom is -0.452 e. The van der Waals surface area contributed by atoms with Gasteiger partial charge in [-0.05, 0) is 37.0 Å². The van der Waals surface area contributed by atoms with Crippen LogP contribution in [0.4, 0.5) is 0 Å². The predicted molar refractivity (Wildman–Crippen MR) is 74.0 cm³/mol. The fraction of sp³-hybridized carbons (Fsp3) is 0.467. The molecule has 4 heteroatoms. The second kappa shape index (κ2) is 6.92. The summed E-state index contributed by atoms with van der Waals surface area (Å²) in [4.78, 5) is 23.3. The average molecular weight is 263 g/mol. The van der Waals surface area contributed by atoms with Crippen LogP contribution in [-0.4, -0.2) is 25.0 Å². The molecule has 0 spiro atoms. The third kappa shape index (κ3) is 4.73. The van der Waals surface area contributed by atoms with Crippen molar-refractivity contribution in [3.05, 3.63) is 34.9 Å². The number of esters is 1. The van der Waals surface area contributed by atoms with E-state index < -0.39 is 5.97 Å². The Labute approximate surface area is 114 Å². The molecule has 0 aromatic heterocycles. The molecule has 0 fully saturated rings. The van der Waals surface area contributed by atoms with Crippen molar-refractivity contribution in [1.82, 2.24) is 5.32 Å². The van der Waals surface area contributed by atoms with Crippen molar-refractivity contribution >= 4 is 11.9 Å². The van der Waals surface area contributed by atoms with E-state index >= 15 is 0 Å². The van der Waals surface area contributed by atoms with Gasteiger partial charge >= 0.3 is 5.97 Å². The van der Waals surface area contributed by atoms with Gasteiger partial charge in [-0.1, -0.05) is 26.0 Å². The van der Waals surface area contributed by atoms with Gasteiger partial charge in [-0.25, -0.2) is 4.79 Å². The first-order chi connectivity index (χ1) is 8.91. The summed E-state index contributed by atoms with van der Waals surface area (Å²) in [6, 6.07) is 5.44. The number of benzene rings is 1. The molecule has 0 radical (unpaired) electrons. The Morgan fingerprint density at radius 2 is 1.95 bits per heavy atom. The molecule has 19 heavy (non-hydrogen) atoms. The molecule has 0 aliphatic heterocycles. The number of hydrogen-bond donors (Lipinski definition) is 1. The van der Waals surface area contributed by atoms with Crippen LogP contribution < -0.4 is 5.32 Å². The lowest BCUT2D eigenvalue weighted by Gasteiger charge is -2.10. The van der Waals surface area contributed by atoms with Gasteiger partial charge in [0.15, 0.2) is 6.61 Å². The van der Waals surface area contributed by atoms with Crippen molar-refractivity contribution in [1.29, 1.82) is 0 Å². The Kier molecular flexibility index (Phi) is 5.55. The standard InChI is InChI=1S/C15H21NO3/c1-10(2)8-16-14(17)9-19-15(18)13-7-5-6-11(3)12(13)4/h5-7,10H,8-9H2,1-4H3,(H,16,17). The molecule has 0 unspecified atom stereocenters. The highest BCUT2D eigenvalue weighted by Crippen LogP contribution is 2.13. The van der Waals surface area contributed by atoms with Crippen molar-refractivity contribution in [2.45, 2.75) is 27.7 Å². The molecule has 0 bridgehead atoms. The molecule has 0 atom stereocenters. The third-order valence-corrected chi connectivity index (χ3v) is 2.87. The molecule has 0 aliphatic rings. The number of carbonyl (C=O) groups excluding carboxylic acids is 2. The van der Waals surface area contributed by atoms with Crippen molar-refractivity contribution < 1.29 is 14.3 Å². The van der Waals surface area contributed by atoms with Gasteiger partial charge in [0.25, 0.3) is 5.91 Å². The van der Waals surface area contributed by atoms with Gasteiger partial charge in [0.2, 0.25) is 0 Å². The Balaban J connectivity index is 2.52. The van der Waals surface area contributed by atoms with Gasteiger partial charge in [-0.15, -0.1) is 0 Å². The molecular formula is C15H21NO3. The number of ether oxygens (including phenoxy) is 1. The summed E-state index contributed by atoms with van der Waals surface area (Å²) in [5, 5.41) is 2.70. The fourth-order valence-corrected chi connectivity index (χ4v) is 1.55. The van der Waals surface area contributed by atoms with Crippen LogP contribution in [0.1, 0.15) is 35.3 Å². The largest absolute Gasteiger partial charge is 0.452 e. The minimum absolute atomic E-state index is 0.237. The quantitative estimate of drug-likeness (QED) is 0.829. The fourth-order valence-electron chi connectivity index (χ4n) is 1.55. The summed E-state index contributed by atoms with van der Waals surface area (Å²) in [7, 11) is 0. The number of nitrogens with one attached hydrogen (secondary N) is 1. The predicted octanol–water partition coefficient (Wildman–Crippen LogP) is 2.23. The SMILES string of the molecule is Cc1cccc(C(=O)OCC(=O)NCC(C)C)c1C. The van der Waals surface area contributed by atoms with E-state index in [1.165, 1.54) is 0 Å². The van der Waals surface area contributed by atoms with Gasteiger partial charge in [0.1, 0.15) is 0 Å². The summed E-state index contributed by atoms with van der Waals surface area (Å²) in [5.74, 6) is -0.355. The van der Waals surface area contributed by atoms with E-state index in [0.717, 1.165) is 11.1 Å². The maximum Gasteiger partial charge on any atom is 0.338 e. The van der Waals surface area contributed by atoms with Crippen molar-refractivity contribution in [3.63, 3.8) is 0 Å². The molecule has 1 aromatic carbocycles. The maximum atomic E-state index is 11.9. The lowest BCUT2D eigenvalue weighted by atomic mass is 10.0. The topological polar surface area (TPSA) is 55.4 Å². The van der Waals surface area contributed by atoms with Gasteiger partial charge in [0, 0.05) is 6.54 Å². The van der Waals surface area contributed by atoms with Crippen LogP contribution in [-0.2, 0) is 9.53 Å². The van der Waals surface area contributed by atoms with Crippen molar-refractivity contribution in [2.24, 2.45) is 5.92 Å². The molecule has 0 heterocycles. The minimum atomic E-state index is -0.458. The normalized spacial score (nSPS) is 10.4. The van der Waals surface area contributed by atoms with Crippen molar-refractivity contribution in [3.8, 4) is 0 Å². The second-order valence-electron chi connectivity index (χ2n) is 5.02. The Morgan fingerprint density at radius 3 is 2.58 bits per heavy atom. The Bertz CT molecular complexity index is 466. The number of hydrogen-bond acceptors (Lipinski definition) is 3. The molecule has 0 aliphatic carbocycles. The molecule has 4 nitrogen and oxygen atoms in total. The zero-order chi connectivity index (χ0) is 14.4. The number of rotatable bonds is 5. The van der Waals surface area contributed by atoms with E-state index in [4.69, 9.17) is 4.74 Å². The van der Waals surface area contributed by atoms with E-state index in [-0.39, 0.29) is 12.5 Å². The highest BCUT2D eigenvalue weighted by Gasteiger charge is 2.13. The summed E-state index contributed by atoms with van der Waals surface area (Å²) in [6.45, 7) is 8.15. The lowest BCUT2D eigenvalue weighted by Crippen LogP contribution is -2.31. The smallest absolute Gasteiger partial charge is 0.338 e. The van der Waals surface area contributed by atoms with Crippen LogP contribution in [0.5, 0.6) is 0 Å². The summed E-state index contributed by atoms with van der Waals surface area (Å²) >= 11 is 0. The van der Waals surface area contributed by atoms with E-state index in [1.807, 2.05) is 33.8 Å². The molecule has 104 valence electrons. The van der Waals surface area contributed by atoms with Gasteiger partial charge < -0.3 is 10.1 Å². The first kappa shape index (κ1) is 15.2. The Morgan fingerprint density at radius 1 is 1.26 bits per heavy atom. The molecule has 1 rings (SSSR count). The number of carbonyl (C=O) groups is 2. The summed E-state index contributed by atoms with van der Waals surface area (Å²) in [5.41, 5.74) is 2.42. The zero-order valence-electron chi connectivity index (χ0n) is 11.9. The van der Waals surface area contributed by atoms with Gasteiger partial charge in [-0.2, -0.15) is 0 Å². The average Bonchev–Trinajstić information content (AvgIpc) is 2.36. The molecule has 1 aromatic rings. The first-order valence-electron chi connectivity index (χ1n) is 6.42. The number of aryl methyl sites for hydroxylation is 1. The zero-order valence-corrected chi connectivity index (χ0v) is 11.9. The first-order valence-corrected chi connectivity index (χ1v) is 6.42. The molecule has 1 N–H and O–H groups in total. The monoisotopic (exact) mass is 263 g/mol. The van der Waals surface area contributed by atoms with Crippen LogP contribution in [0.15, 0.2) is 18.2 Å². The van der Waals surface area contributed by atoms with Crippen LogP contribution in [0.3, 0.4) is 0 Å². The van der Waals surface area contributed by atoms with Crippen LogP contribution in [0.2, 0.25) is 0 Å². The van der Waals surface area contributed by atoms with Gasteiger partial charge in [-0.3, -0.25) is 4.79 Å². The molecule has 1 amide bonds. The maximum absolute atomic E-state index is 11.9. The van der Waals surface area contributed by atoms with Crippen LogP contribution >= 0.6 is 0 Å². The second-order valence-corrected chi connectivity index (χ2v) is 5.02. The lowest BCUT2D eigenvalue weighted by molar-refractivity contribution is -0.124. The summed E-state index contributed by atoms with van der Waals surface area (Å²) < 4.78 is 5.01. The highest BCUT2D eigenvalue weighted by atomic mass is 16.5. The summed E-state index contributed by atoms with van der Waals surface area (Å²) in [6.07, 6.45) is 0. The van der Waals surface area contributed by atoms with Gasteiger partial charge in [0.05, 0.1) is 5.56 Å². The van der Waals surface area contributed by atoms with E-state index in [1.54, 1.807) is 12.1 Å². The van der Waals surface area contributed by atoms with E-state index in [2.05, 4.69) is 5.32 Å². The van der Waals surface area contributed by atoms with E-state index in [0.29, 0.717) is 18.0 Å². The molecule has 0 saturated heterocycles. The molecular weight excluding hydrogens is 242 g/mol. The highest BCUT2D eigenvalue weighted by molar-refractivity contribution is 5.93. The van der Waals surface area contributed by atoms with E-state index in [9.17, 15) is 9.59 Å². The van der Waals surface area contributed by atoms with Crippen LogP contribution in [0, 0.1) is 19.8 Å². The molecule has 0 saturated carbocycles. The Hall–Kier alpha value is -1.84.